The van der Waals surface area contributed by atoms with Crippen molar-refractivity contribution in [3.05, 3.63) is 35.9 Å². The van der Waals surface area contributed by atoms with Crippen LogP contribution >= 0.6 is 0 Å². The first-order valence-corrected chi connectivity index (χ1v) is 14.4. The van der Waals surface area contributed by atoms with Crippen molar-refractivity contribution < 1.29 is 14.6 Å². The second-order valence-electron chi connectivity index (χ2n) is 11.9. The Morgan fingerprint density at radius 1 is 0.975 bits per heavy atom. The largest absolute Gasteiger partial charge is 0.390 e. The molecule has 0 spiro atoms. The highest BCUT2D eigenvalue weighted by Crippen LogP contribution is 2.42. The first-order chi connectivity index (χ1) is 19.3. The molecule has 3 aliphatic rings. The van der Waals surface area contributed by atoms with Crippen molar-refractivity contribution in [3.63, 3.8) is 0 Å². The lowest BCUT2D eigenvalue weighted by Crippen LogP contribution is -2.44. The van der Waals surface area contributed by atoms with Gasteiger partial charge in [-0.2, -0.15) is 9.97 Å². The Bertz CT molecular complexity index is 1580. The number of carbonyl (C=O) groups is 1. The molecule has 1 aromatic carbocycles. The Hall–Kier alpha value is -3.57. The number of nitrogens with zero attached hydrogens (tertiary/aromatic N) is 8. The van der Waals surface area contributed by atoms with Crippen LogP contribution in [-0.4, -0.2) is 90.0 Å². The molecule has 0 bridgehead atoms. The molecule has 2 aliphatic heterocycles. The summed E-state index contributed by atoms with van der Waals surface area (Å²) in [7, 11) is 1.86. The number of amides is 1. The van der Waals surface area contributed by atoms with Crippen molar-refractivity contribution in [1.82, 2.24) is 34.0 Å². The molecule has 40 heavy (non-hydrogen) atoms. The third-order valence-electron chi connectivity index (χ3n) is 8.70. The van der Waals surface area contributed by atoms with Gasteiger partial charge in [-0.1, -0.05) is 12.1 Å². The number of piperidine rings is 1. The summed E-state index contributed by atoms with van der Waals surface area (Å²) in [4.78, 5) is 37.8. The van der Waals surface area contributed by atoms with Gasteiger partial charge in [0.15, 0.2) is 17.0 Å². The van der Waals surface area contributed by atoms with Crippen LogP contribution in [0.3, 0.4) is 0 Å². The number of hydrogen-bond acceptors (Lipinski definition) is 8. The molecule has 210 valence electrons. The first-order valence-electron chi connectivity index (χ1n) is 14.4. The lowest BCUT2D eigenvalue weighted by atomic mass is 9.83. The van der Waals surface area contributed by atoms with Gasteiger partial charge in [0, 0.05) is 39.1 Å². The Labute approximate surface area is 232 Å². The lowest BCUT2D eigenvalue weighted by Gasteiger charge is -2.37. The van der Waals surface area contributed by atoms with E-state index in [2.05, 4.69) is 15.5 Å². The number of hydrogen-bond donors (Lipinski definition) is 1. The molecule has 0 atom stereocenters. The van der Waals surface area contributed by atoms with E-state index in [0.717, 1.165) is 48.4 Å². The summed E-state index contributed by atoms with van der Waals surface area (Å²) in [6.45, 7) is 7.48. The monoisotopic (exact) mass is 544 g/mol. The van der Waals surface area contributed by atoms with Crippen molar-refractivity contribution in [2.24, 2.45) is 13.0 Å². The van der Waals surface area contributed by atoms with E-state index >= 15 is 0 Å². The second-order valence-corrected chi connectivity index (χ2v) is 11.9. The van der Waals surface area contributed by atoms with E-state index in [0.29, 0.717) is 68.2 Å². The minimum atomic E-state index is -0.747. The molecule has 0 unspecified atom stereocenters. The number of fused-ring (bicyclic) bond motifs is 2. The number of aromatic nitrogens is 6. The van der Waals surface area contributed by atoms with Gasteiger partial charge in [-0.25, -0.2) is 9.97 Å². The van der Waals surface area contributed by atoms with E-state index in [1.165, 1.54) is 0 Å². The molecule has 2 saturated heterocycles. The van der Waals surface area contributed by atoms with Gasteiger partial charge in [-0.05, 0) is 57.6 Å². The SMILES string of the molecule is Cn1c(C(=O)N2CCC(C(C)(C)O)CC2)nc2c(N3CCOCC3)nc(-n3c(C4CC4)nc4ccccc43)nc21. The predicted octanol–water partition coefficient (Wildman–Crippen LogP) is 3.04. The van der Waals surface area contributed by atoms with Crippen LogP contribution in [0.4, 0.5) is 5.82 Å². The van der Waals surface area contributed by atoms with Crippen LogP contribution < -0.4 is 4.90 Å². The topological polar surface area (TPSA) is 114 Å². The van der Waals surface area contributed by atoms with Gasteiger partial charge in [0.2, 0.25) is 11.8 Å². The van der Waals surface area contributed by atoms with Gasteiger partial charge in [0.1, 0.15) is 5.82 Å². The average Bonchev–Trinajstić information content (AvgIpc) is 3.66. The van der Waals surface area contributed by atoms with Crippen LogP contribution in [0.1, 0.15) is 61.9 Å². The van der Waals surface area contributed by atoms with Crippen LogP contribution in [-0.2, 0) is 11.8 Å². The number of morpholine rings is 1. The fourth-order valence-corrected chi connectivity index (χ4v) is 6.12. The molecular weight excluding hydrogens is 508 g/mol. The minimum Gasteiger partial charge on any atom is -0.390 e. The lowest BCUT2D eigenvalue weighted by molar-refractivity contribution is -0.0110. The van der Waals surface area contributed by atoms with Gasteiger partial charge in [0.25, 0.3) is 5.91 Å². The van der Waals surface area contributed by atoms with Crippen LogP contribution in [0.5, 0.6) is 0 Å². The summed E-state index contributed by atoms with van der Waals surface area (Å²) in [5.74, 6) is 3.07. The quantitative estimate of drug-likeness (QED) is 0.408. The zero-order chi connectivity index (χ0) is 27.6. The summed E-state index contributed by atoms with van der Waals surface area (Å²) in [5.41, 5.74) is 2.41. The average molecular weight is 545 g/mol. The van der Waals surface area contributed by atoms with Crippen LogP contribution in [0.25, 0.3) is 28.1 Å². The molecule has 11 nitrogen and oxygen atoms in total. The standard InChI is InChI=1S/C29H36N8O3/c1-29(2,39)19-10-12-36(13-11-19)27(38)26-31-22-24(34(26)3)32-28(33-25(22)35-14-16-40-17-15-35)37-21-7-5-4-6-20(21)30-23(37)18-8-9-18/h4-7,18-19,39H,8-17H2,1-3H3. The van der Waals surface area contributed by atoms with E-state index in [1.807, 2.05) is 48.6 Å². The van der Waals surface area contributed by atoms with Crippen molar-refractivity contribution in [3.8, 4) is 5.95 Å². The van der Waals surface area contributed by atoms with Gasteiger partial charge < -0.3 is 24.2 Å². The Balaban J connectivity index is 1.34. The highest BCUT2D eigenvalue weighted by atomic mass is 16.5. The molecule has 3 aromatic heterocycles. The maximum absolute atomic E-state index is 13.8. The van der Waals surface area contributed by atoms with E-state index < -0.39 is 5.60 Å². The molecule has 7 rings (SSSR count). The van der Waals surface area contributed by atoms with Gasteiger partial charge in [-0.3, -0.25) is 9.36 Å². The number of aliphatic hydroxyl groups is 1. The highest BCUT2D eigenvalue weighted by Gasteiger charge is 2.35. The number of aryl methyl sites for hydroxylation is 1. The molecule has 4 aromatic rings. The number of ether oxygens (including phenoxy) is 1. The Morgan fingerprint density at radius 2 is 1.70 bits per heavy atom. The third kappa shape index (κ3) is 4.32. The van der Waals surface area contributed by atoms with E-state index in [4.69, 9.17) is 24.7 Å². The van der Waals surface area contributed by atoms with E-state index in [9.17, 15) is 9.90 Å². The Morgan fingerprint density at radius 3 is 2.40 bits per heavy atom. The maximum Gasteiger partial charge on any atom is 0.289 e. The number of rotatable bonds is 5. The summed E-state index contributed by atoms with van der Waals surface area (Å²) >= 11 is 0. The maximum atomic E-state index is 13.8. The molecule has 1 saturated carbocycles. The van der Waals surface area contributed by atoms with Crippen LogP contribution in [0, 0.1) is 5.92 Å². The molecule has 3 fully saturated rings. The number of carbonyl (C=O) groups excluding carboxylic acids is 1. The molecule has 0 radical (unpaired) electrons. The number of likely N-dealkylation sites (tertiary alicyclic amines) is 1. The summed E-state index contributed by atoms with van der Waals surface area (Å²) in [5, 5.41) is 10.5. The number of para-hydroxylation sites is 2. The van der Waals surface area contributed by atoms with Crippen LogP contribution in [0.2, 0.25) is 0 Å². The number of imidazole rings is 2. The predicted molar refractivity (Wildman–Crippen MR) is 151 cm³/mol. The minimum absolute atomic E-state index is 0.115. The van der Waals surface area contributed by atoms with Crippen molar-refractivity contribution >= 4 is 33.9 Å². The van der Waals surface area contributed by atoms with Crippen LogP contribution in [0.15, 0.2) is 24.3 Å². The van der Waals surface area contributed by atoms with E-state index in [1.54, 1.807) is 0 Å². The van der Waals surface area contributed by atoms with Gasteiger partial charge in [-0.15, -0.1) is 0 Å². The van der Waals surface area contributed by atoms with Crippen molar-refractivity contribution in [1.29, 1.82) is 0 Å². The smallest absolute Gasteiger partial charge is 0.289 e. The zero-order valence-electron chi connectivity index (χ0n) is 23.4. The second kappa shape index (κ2) is 9.52. The molecule has 11 heteroatoms. The molecule has 5 heterocycles. The number of benzene rings is 1. The van der Waals surface area contributed by atoms with Crippen molar-refractivity contribution in [2.75, 3.05) is 44.3 Å². The molecule has 1 aliphatic carbocycles. The third-order valence-corrected chi connectivity index (χ3v) is 8.70. The first kappa shape index (κ1) is 25.4. The number of anilines is 1. The van der Waals surface area contributed by atoms with Gasteiger partial charge in [0.05, 0.1) is 29.8 Å². The van der Waals surface area contributed by atoms with Gasteiger partial charge >= 0.3 is 0 Å². The summed E-state index contributed by atoms with van der Waals surface area (Å²) in [6, 6.07) is 8.11. The fourth-order valence-electron chi connectivity index (χ4n) is 6.12. The summed E-state index contributed by atoms with van der Waals surface area (Å²) < 4.78 is 9.53. The molecule has 1 N–H and O–H groups in total. The molecule has 1 amide bonds. The Kier molecular flexibility index (Phi) is 6.04. The highest BCUT2D eigenvalue weighted by molar-refractivity contribution is 5.96. The van der Waals surface area contributed by atoms with E-state index in [-0.39, 0.29) is 11.8 Å². The zero-order valence-corrected chi connectivity index (χ0v) is 23.4. The normalized spacial score (nSPS) is 19.2. The molecular formula is C29H36N8O3. The summed E-state index contributed by atoms with van der Waals surface area (Å²) in [6.07, 6.45) is 3.74. The fraction of sp³-hybridized carbons (Fsp3) is 0.552. The van der Waals surface area contributed by atoms with Crippen molar-refractivity contribution in [2.45, 2.75) is 51.0 Å².